The maximum absolute atomic E-state index is 12.1. The summed E-state index contributed by atoms with van der Waals surface area (Å²) in [7, 11) is 0. The molecule has 21 heavy (non-hydrogen) atoms. The second-order valence-corrected chi connectivity index (χ2v) is 4.46. The molecule has 2 heterocycles. The molecule has 3 rings (SSSR count). The summed E-state index contributed by atoms with van der Waals surface area (Å²) in [6.07, 6.45) is 1.31. The van der Waals surface area contributed by atoms with E-state index in [2.05, 4.69) is 15.3 Å². The Kier molecular flexibility index (Phi) is 3.12. The number of fused-ring (bicyclic) bond motifs is 1. The van der Waals surface area contributed by atoms with E-state index in [9.17, 15) is 9.59 Å². The number of carbonyl (C=O) groups excluding carboxylic acids is 1. The molecular weight excluding hydrogens is 270 g/mol. The lowest BCUT2D eigenvalue weighted by atomic mass is 10.2. The SMILES string of the molecule is O=C(O)c1ccc(NC(=O)c2cc3ccccc3[nH]2)cn1. The van der Waals surface area contributed by atoms with E-state index in [1.807, 2.05) is 24.3 Å². The molecule has 0 unspecified atom stereocenters. The van der Waals surface area contributed by atoms with E-state index in [1.54, 1.807) is 6.07 Å². The van der Waals surface area contributed by atoms with Crippen LogP contribution in [0.4, 0.5) is 5.69 Å². The molecule has 0 saturated carbocycles. The molecule has 2 aromatic heterocycles. The van der Waals surface area contributed by atoms with E-state index >= 15 is 0 Å². The topological polar surface area (TPSA) is 95.1 Å². The van der Waals surface area contributed by atoms with E-state index < -0.39 is 5.97 Å². The molecule has 6 nitrogen and oxygen atoms in total. The van der Waals surface area contributed by atoms with Gasteiger partial charge in [-0.2, -0.15) is 0 Å². The number of hydrogen-bond acceptors (Lipinski definition) is 3. The summed E-state index contributed by atoms with van der Waals surface area (Å²) < 4.78 is 0. The van der Waals surface area contributed by atoms with E-state index in [0.29, 0.717) is 11.4 Å². The van der Waals surface area contributed by atoms with Crippen LogP contribution in [0.2, 0.25) is 0 Å². The third kappa shape index (κ3) is 2.59. The smallest absolute Gasteiger partial charge is 0.354 e. The number of aromatic carboxylic acids is 1. The van der Waals surface area contributed by atoms with Crippen LogP contribution in [0, 0.1) is 0 Å². The minimum absolute atomic E-state index is 0.0707. The van der Waals surface area contributed by atoms with Crippen LogP contribution in [0.3, 0.4) is 0 Å². The summed E-state index contributed by atoms with van der Waals surface area (Å²) in [6.45, 7) is 0. The summed E-state index contributed by atoms with van der Waals surface area (Å²) in [5.41, 5.74) is 1.67. The van der Waals surface area contributed by atoms with Crippen molar-refractivity contribution in [3.05, 3.63) is 60.0 Å². The number of benzene rings is 1. The zero-order valence-corrected chi connectivity index (χ0v) is 10.8. The number of carboxylic acids is 1. The van der Waals surface area contributed by atoms with Crippen molar-refractivity contribution in [2.45, 2.75) is 0 Å². The van der Waals surface area contributed by atoms with Crippen molar-refractivity contribution in [2.75, 3.05) is 5.32 Å². The van der Waals surface area contributed by atoms with E-state index in [0.717, 1.165) is 10.9 Å². The Bertz CT molecular complexity index is 789. The summed E-state index contributed by atoms with van der Waals surface area (Å²) in [4.78, 5) is 29.6. The average Bonchev–Trinajstić information content (AvgIpc) is 2.92. The lowest BCUT2D eigenvalue weighted by Gasteiger charge is -2.03. The van der Waals surface area contributed by atoms with E-state index in [4.69, 9.17) is 5.11 Å². The first-order valence-electron chi connectivity index (χ1n) is 6.22. The monoisotopic (exact) mass is 281 g/mol. The minimum atomic E-state index is -1.11. The number of H-pyrrole nitrogens is 1. The fourth-order valence-electron chi connectivity index (χ4n) is 1.99. The van der Waals surface area contributed by atoms with E-state index in [-0.39, 0.29) is 11.6 Å². The molecule has 0 saturated heterocycles. The first-order valence-corrected chi connectivity index (χ1v) is 6.22. The molecule has 0 aliphatic rings. The Hall–Kier alpha value is -3.15. The number of anilines is 1. The molecule has 0 aliphatic heterocycles. The average molecular weight is 281 g/mol. The highest BCUT2D eigenvalue weighted by atomic mass is 16.4. The lowest BCUT2D eigenvalue weighted by Crippen LogP contribution is -2.12. The quantitative estimate of drug-likeness (QED) is 0.687. The van der Waals surface area contributed by atoms with Crippen molar-refractivity contribution in [3.8, 4) is 0 Å². The number of rotatable bonds is 3. The zero-order valence-electron chi connectivity index (χ0n) is 10.8. The van der Waals surface area contributed by atoms with Crippen LogP contribution < -0.4 is 5.32 Å². The molecule has 3 N–H and O–H groups in total. The molecule has 0 aliphatic carbocycles. The Morgan fingerprint density at radius 3 is 2.62 bits per heavy atom. The van der Waals surface area contributed by atoms with Crippen molar-refractivity contribution in [3.63, 3.8) is 0 Å². The van der Waals surface area contributed by atoms with Gasteiger partial charge in [0.25, 0.3) is 5.91 Å². The highest BCUT2D eigenvalue weighted by molar-refractivity contribution is 6.05. The van der Waals surface area contributed by atoms with Crippen LogP contribution in [0.15, 0.2) is 48.7 Å². The Morgan fingerprint density at radius 2 is 1.95 bits per heavy atom. The molecule has 0 atom stereocenters. The van der Waals surface area contributed by atoms with Gasteiger partial charge in [-0.15, -0.1) is 0 Å². The van der Waals surface area contributed by atoms with Crippen LogP contribution in [-0.2, 0) is 0 Å². The van der Waals surface area contributed by atoms with Gasteiger partial charge in [-0.25, -0.2) is 9.78 Å². The van der Waals surface area contributed by atoms with Gasteiger partial charge in [-0.05, 0) is 24.3 Å². The maximum Gasteiger partial charge on any atom is 0.354 e. The fraction of sp³-hybridized carbons (Fsp3) is 0. The summed E-state index contributed by atoms with van der Waals surface area (Å²) >= 11 is 0. The third-order valence-electron chi connectivity index (χ3n) is 3.02. The minimum Gasteiger partial charge on any atom is -0.477 e. The number of nitrogens with one attached hydrogen (secondary N) is 2. The van der Waals surface area contributed by atoms with Gasteiger partial charge in [0, 0.05) is 10.9 Å². The van der Waals surface area contributed by atoms with Crippen molar-refractivity contribution in [1.82, 2.24) is 9.97 Å². The van der Waals surface area contributed by atoms with Crippen LogP contribution in [0.1, 0.15) is 21.0 Å². The van der Waals surface area contributed by atoms with Gasteiger partial charge in [0.2, 0.25) is 0 Å². The van der Waals surface area contributed by atoms with Crippen molar-refractivity contribution in [2.24, 2.45) is 0 Å². The van der Waals surface area contributed by atoms with Crippen LogP contribution >= 0.6 is 0 Å². The molecule has 1 aromatic carbocycles. The number of amides is 1. The maximum atomic E-state index is 12.1. The summed E-state index contributed by atoms with van der Waals surface area (Å²) in [5, 5.41) is 12.4. The summed E-state index contributed by atoms with van der Waals surface area (Å²) in [5.74, 6) is -1.42. The lowest BCUT2D eigenvalue weighted by molar-refractivity contribution is 0.0690. The van der Waals surface area contributed by atoms with Gasteiger partial charge in [0.1, 0.15) is 11.4 Å². The highest BCUT2D eigenvalue weighted by Crippen LogP contribution is 2.16. The number of aromatic amines is 1. The third-order valence-corrected chi connectivity index (χ3v) is 3.02. The Balaban J connectivity index is 1.80. The van der Waals surface area contributed by atoms with Crippen molar-refractivity contribution in [1.29, 1.82) is 0 Å². The van der Waals surface area contributed by atoms with Gasteiger partial charge in [0.15, 0.2) is 0 Å². The number of para-hydroxylation sites is 1. The Morgan fingerprint density at radius 1 is 1.14 bits per heavy atom. The van der Waals surface area contributed by atoms with Gasteiger partial charge in [0.05, 0.1) is 11.9 Å². The number of nitrogens with zero attached hydrogens (tertiary/aromatic N) is 1. The Labute approximate surface area is 119 Å². The molecule has 0 bridgehead atoms. The second kappa shape index (κ2) is 5.09. The molecule has 0 spiro atoms. The molecule has 1 amide bonds. The van der Waals surface area contributed by atoms with Gasteiger partial charge < -0.3 is 15.4 Å². The van der Waals surface area contributed by atoms with Gasteiger partial charge in [-0.1, -0.05) is 18.2 Å². The van der Waals surface area contributed by atoms with Crippen molar-refractivity contribution >= 4 is 28.5 Å². The molecule has 6 heteroatoms. The fourth-order valence-corrected chi connectivity index (χ4v) is 1.99. The first-order chi connectivity index (χ1) is 10.1. The molecule has 104 valence electrons. The largest absolute Gasteiger partial charge is 0.477 e. The predicted octanol–water partition coefficient (Wildman–Crippen LogP) is 2.51. The number of hydrogen-bond donors (Lipinski definition) is 3. The van der Waals surface area contributed by atoms with E-state index in [1.165, 1.54) is 18.3 Å². The number of pyridine rings is 1. The molecule has 0 radical (unpaired) electrons. The zero-order chi connectivity index (χ0) is 14.8. The highest BCUT2D eigenvalue weighted by Gasteiger charge is 2.10. The second-order valence-electron chi connectivity index (χ2n) is 4.46. The predicted molar refractivity (Wildman–Crippen MR) is 77.4 cm³/mol. The number of aromatic nitrogens is 2. The van der Waals surface area contributed by atoms with Gasteiger partial charge >= 0.3 is 5.97 Å². The standard InChI is InChI=1S/C15H11N3O3/c19-14(13-7-9-3-1-2-4-11(9)18-13)17-10-5-6-12(15(20)21)16-8-10/h1-8,18H,(H,17,19)(H,20,21). The first kappa shape index (κ1) is 12.9. The van der Waals surface area contributed by atoms with Crippen LogP contribution in [0.25, 0.3) is 10.9 Å². The normalized spacial score (nSPS) is 10.5. The number of carbonyl (C=O) groups is 2. The van der Waals surface area contributed by atoms with Gasteiger partial charge in [-0.3, -0.25) is 4.79 Å². The number of carboxylic acid groups (broad SMARTS) is 1. The molecule has 3 aromatic rings. The van der Waals surface area contributed by atoms with Crippen LogP contribution in [-0.4, -0.2) is 27.0 Å². The van der Waals surface area contributed by atoms with Crippen molar-refractivity contribution < 1.29 is 14.7 Å². The molecular formula is C15H11N3O3. The van der Waals surface area contributed by atoms with Crippen LogP contribution in [0.5, 0.6) is 0 Å². The molecule has 0 fully saturated rings. The summed E-state index contributed by atoms with van der Waals surface area (Å²) in [6, 6.07) is 12.2.